The molecule has 0 spiro atoms. The van der Waals surface area contributed by atoms with Crippen molar-refractivity contribution in [2.75, 3.05) is 0 Å². The second kappa shape index (κ2) is 3.40. The molecule has 0 aliphatic carbocycles. The minimum absolute atomic E-state index is 0.693. The first-order chi connectivity index (χ1) is 3.18. The van der Waals surface area contributed by atoms with Crippen LogP contribution in [0.25, 0.3) is 0 Å². The molecule has 0 aromatic heterocycles. The van der Waals surface area contributed by atoms with Crippen LogP contribution >= 0.6 is 0 Å². The minimum atomic E-state index is -0.693. The molecule has 1 nitrogen and oxygen atoms in total. The highest BCUT2D eigenvalue weighted by Crippen LogP contribution is 2.05. The third-order valence-corrected chi connectivity index (χ3v) is 6.16. The Morgan fingerprint density at radius 2 is 2.00 bits per heavy atom. The fraction of sp³-hybridized carbons (Fsp3) is 1.00. The Morgan fingerprint density at radius 1 is 1.57 bits per heavy atom. The fourth-order valence-electron chi connectivity index (χ4n) is 0.272. The van der Waals surface area contributed by atoms with Crippen LogP contribution in [0.1, 0.15) is 13.8 Å². The fourth-order valence-corrected chi connectivity index (χ4v) is 2.45. The average Bonchev–Trinajstić information content (AvgIpc) is 1.65. The first-order valence-electron chi connectivity index (χ1n) is 2.71. The van der Waals surface area contributed by atoms with Gasteiger partial charge in [0.1, 0.15) is 10.5 Å². The summed E-state index contributed by atoms with van der Waals surface area (Å²) in [5, 5.41) is 0. The van der Waals surface area contributed by atoms with Gasteiger partial charge in [-0.2, -0.15) is 0 Å². The van der Waals surface area contributed by atoms with E-state index in [2.05, 4.69) is 20.4 Å². The van der Waals surface area contributed by atoms with E-state index in [0.29, 0.717) is 0 Å². The molecule has 0 saturated carbocycles. The molecule has 0 heterocycles. The third kappa shape index (κ3) is 3.02. The molecule has 3 heteroatoms. The molecule has 0 amide bonds. The van der Waals surface area contributed by atoms with Crippen LogP contribution in [0, 0.1) is 0 Å². The van der Waals surface area contributed by atoms with Gasteiger partial charge in [-0.25, -0.2) is 0 Å². The van der Waals surface area contributed by atoms with Crippen LogP contribution in [0.2, 0.25) is 12.1 Å². The van der Waals surface area contributed by atoms with Gasteiger partial charge < -0.3 is 4.12 Å². The lowest BCUT2D eigenvalue weighted by atomic mass is 10.6. The molecule has 1 atom stereocenters. The summed E-state index contributed by atoms with van der Waals surface area (Å²) in [6, 6.07) is 0. The van der Waals surface area contributed by atoms with Gasteiger partial charge in [-0.3, -0.25) is 0 Å². The van der Waals surface area contributed by atoms with Gasteiger partial charge in [-0.1, -0.05) is 13.8 Å². The van der Waals surface area contributed by atoms with Gasteiger partial charge in [-0.05, 0) is 12.1 Å². The molecule has 0 rings (SSSR count). The van der Waals surface area contributed by atoms with E-state index in [1.54, 1.807) is 0 Å². The molecule has 0 N–H and O–H groups in total. The van der Waals surface area contributed by atoms with E-state index in [4.69, 9.17) is 4.12 Å². The van der Waals surface area contributed by atoms with Crippen LogP contribution in [0.4, 0.5) is 0 Å². The molecule has 0 aromatic carbocycles. The van der Waals surface area contributed by atoms with E-state index in [-0.39, 0.29) is 0 Å². The number of hydrogen-bond donors (Lipinski definition) is 0. The lowest BCUT2D eigenvalue weighted by molar-refractivity contribution is 0.618. The molecule has 0 bridgehead atoms. The summed E-state index contributed by atoms with van der Waals surface area (Å²) < 4.78 is 5.29. The first kappa shape index (κ1) is 7.39. The second-order valence-corrected chi connectivity index (χ2v) is 6.81. The quantitative estimate of drug-likeness (QED) is 0.485. The van der Waals surface area contributed by atoms with E-state index < -0.39 is 9.04 Å². The molecule has 7 heavy (non-hydrogen) atoms. The van der Waals surface area contributed by atoms with Crippen molar-refractivity contribution >= 4 is 19.5 Å². The highest BCUT2D eigenvalue weighted by atomic mass is 28.3. The lowest BCUT2D eigenvalue weighted by Crippen LogP contribution is -2.14. The maximum atomic E-state index is 5.29. The van der Waals surface area contributed by atoms with Gasteiger partial charge in [0.2, 0.25) is 0 Å². The van der Waals surface area contributed by atoms with Gasteiger partial charge in [0, 0.05) is 0 Å². The van der Waals surface area contributed by atoms with Crippen molar-refractivity contribution in [1.82, 2.24) is 0 Å². The monoisotopic (exact) mass is 134 g/mol. The van der Waals surface area contributed by atoms with Gasteiger partial charge in [0.15, 0.2) is 9.04 Å². The zero-order valence-corrected chi connectivity index (χ0v) is 8.72. The predicted octanol–water partition coefficient (Wildman–Crippen LogP) is 0.0470. The van der Waals surface area contributed by atoms with E-state index in [0.717, 1.165) is 16.0 Å². The van der Waals surface area contributed by atoms with Gasteiger partial charge in [0.25, 0.3) is 0 Å². The van der Waals surface area contributed by atoms with E-state index in [1.165, 1.54) is 0 Å². The van der Waals surface area contributed by atoms with Crippen molar-refractivity contribution in [2.24, 2.45) is 0 Å². The van der Waals surface area contributed by atoms with Crippen molar-refractivity contribution in [1.29, 1.82) is 0 Å². The molecule has 0 fully saturated rings. The molecule has 44 valence electrons. The van der Waals surface area contributed by atoms with E-state index in [1.807, 2.05) is 0 Å². The smallest absolute Gasteiger partial charge is 0.161 e. The number of hydrogen-bond acceptors (Lipinski definition) is 1. The van der Waals surface area contributed by atoms with Gasteiger partial charge in [0.05, 0.1) is 0 Å². The Labute approximate surface area is 50.3 Å². The Balaban J connectivity index is 3.14. The molecule has 0 aliphatic heterocycles. The highest BCUT2D eigenvalue weighted by Gasteiger charge is 2.04. The zero-order valence-electron chi connectivity index (χ0n) is 5.56. The summed E-state index contributed by atoms with van der Waals surface area (Å²) >= 11 is 0. The molecule has 0 radical (unpaired) electrons. The molecular weight excluding hydrogens is 120 g/mol. The topological polar surface area (TPSA) is 9.23 Å². The third-order valence-electron chi connectivity index (χ3n) is 1.31. The maximum Gasteiger partial charge on any atom is 0.161 e. The summed E-state index contributed by atoms with van der Waals surface area (Å²) in [7, 11) is 0.240. The number of rotatable bonds is 2. The Kier molecular flexibility index (Phi) is 3.59. The summed E-state index contributed by atoms with van der Waals surface area (Å²) in [5.74, 6) is 0. The van der Waals surface area contributed by atoms with Crippen LogP contribution in [-0.4, -0.2) is 19.5 Å². The van der Waals surface area contributed by atoms with Gasteiger partial charge >= 0.3 is 0 Å². The van der Waals surface area contributed by atoms with Crippen molar-refractivity contribution < 1.29 is 4.12 Å². The van der Waals surface area contributed by atoms with Crippen LogP contribution < -0.4 is 0 Å². The van der Waals surface area contributed by atoms with Gasteiger partial charge in [-0.15, -0.1) is 0 Å². The predicted molar refractivity (Wildman–Crippen MR) is 39.1 cm³/mol. The van der Waals surface area contributed by atoms with Crippen LogP contribution in [0.15, 0.2) is 0 Å². The molecule has 0 saturated heterocycles. The maximum absolute atomic E-state index is 5.29. The summed E-state index contributed by atoms with van der Waals surface area (Å²) in [6.45, 7) is 6.71. The lowest BCUT2D eigenvalue weighted by Gasteiger charge is -2.10. The standard InChI is InChI=1S/C4H14OSi2/c1-4(2)7(3)5-6/h4,7H,1-3,6H3. The van der Waals surface area contributed by atoms with E-state index >= 15 is 0 Å². The summed E-state index contributed by atoms with van der Waals surface area (Å²) in [4.78, 5) is 0. The Hall–Kier alpha value is 0.394. The van der Waals surface area contributed by atoms with Crippen LogP contribution in [0.5, 0.6) is 0 Å². The zero-order chi connectivity index (χ0) is 5.86. The summed E-state index contributed by atoms with van der Waals surface area (Å²) in [6.07, 6.45) is 0. The first-order valence-corrected chi connectivity index (χ1v) is 5.82. The van der Waals surface area contributed by atoms with Crippen molar-refractivity contribution in [3.8, 4) is 0 Å². The molecule has 1 unspecified atom stereocenters. The molecule has 0 aromatic rings. The summed E-state index contributed by atoms with van der Waals surface area (Å²) in [5.41, 5.74) is 0.817. The second-order valence-electron chi connectivity index (χ2n) is 2.18. The van der Waals surface area contributed by atoms with Crippen molar-refractivity contribution in [3.05, 3.63) is 0 Å². The average molecular weight is 134 g/mol. The van der Waals surface area contributed by atoms with Crippen LogP contribution in [-0.2, 0) is 4.12 Å². The Bertz CT molecular complexity index is 47.0. The van der Waals surface area contributed by atoms with Crippen molar-refractivity contribution in [3.63, 3.8) is 0 Å². The largest absolute Gasteiger partial charge is 0.466 e. The SMILES string of the molecule is CC(C)[SiH](C)O[SiH3]. The molecule has 0 aliphatic rings. The van der Waals surface area contributed by atoms with Crippen molar-refractivity contribution in [2.45, 2.75) is 25.9 Å². The highest BCUT2D eigenvalue weighted by molar-refractivity contribution is 6.55. The van der Waals surface area contributed by atoms with Crippen LogP contribution in [0.3, 0.4) is 0 Å². The molecular formula is C4H14OSi2. The normalized spacial score (nSPS) is 15.4. The Morgan fingerprint density at radius 3 is 2.00 bits per heavy atom. The minimum Gasteiger partial charge on any atom is -0.466 e. The van der Waals surface area contributed by atoms with E-state index in [9.17, 15) is 0 Å².